The van der Waals surface area contributed by atoms with Gasteiger partial charge in [-0.3, -0.25) is 0 Å². The predicted molar refractivity (Wildman–Crippen MR) is 75.3 cm³/mol. The molecular weight excluding hydrogens is 232 g/mol. The number of rotatable bonds is 1. The average Bonchev–Trinajstić information content (AvgIpc) is 2.53. The lowest BCUT2D eigenvalue weighted by Gasteiger charge is -2.19. The molecule has 0 bridgehead atoms. The second kappa shape index (κ2) is 5.30. The maximum atomic E-state index is 6.11. The Morgan fingerprint density at radius 3 is 2.35 bits per heavy atom. The second-order valence-corrected chi connectivity index (χ2v) is 5.61. The van der Waals surface area contributed by atoms with Crippen LogP contribution in [0, 0.1) is 0 Å². The van der Waals surface area contributed by atoms with Crippen molar-refractivity contribution in [1.82, 2.24) is 0 Å². The highest BCUT2D eigenvalue weighted by Crippen LogP contribution is 2.42. The summed E-state index contributed by atoms with van der Waals surface area (Å²) in [6.45, 7) is 12.6. The minimum Gasteiger partial charge on any atom is -0.487 e. The van der Waals surface area contributed by atoms with E-state index in [2.05, 4.69) is 27.7 Å². The molecule has 1 aliphatic rings. The van der Waals surface area contributed by atoms with Crippen LogP contribution in [-0.2, 0) is 6.42 Å². The van der Waals surface area contributed by atoms with E-state index in [1.54, 1.807) is 0 Å². The average molecular weight is 255 g/mol. The summed E-state index contributed by atoms with van der Waals surface area (Å²) in [6, 6.07) is 4.05. The third-order valence-corrected chi connectivity index (χ3v) is 2.99. The Morgan fingerprint density at radius 1 is 1.24 bits per heavy atom. The number of hydrogen-bond donors (Lipinski definition) is 0. The van der Waals surface area contributed by atoms with Crippen LogP contribution in [-0.4, -0.2) is 5.60 Å². The standard InChI is InChI=1S/C13H17ClO.C2H6/c1-8(2)11-6-10(14)5-9-7-13(3,4)15-12(9)11;1-2/h5-6,8H,7H2,1-4H3;1-2H3. The van der Waals surface area contributed by atoms with Crippen molar-refractivity contribution in [3.63, 3.8) is 0 Å². The molecule has 0 aromatic heterocycles. The van der Waals surface area contributed by atoms with E-state index in [0.717, 1.165) is 17.2 Å². The molecule has 0 fully saturated rings. The number of halogens is 1. The Morgan fingerprint density at radius 2 is 1.82 bits per heavy atom. The van der Waals surface area contributed by atoms with Gasteiger partial charge in [-0.2, -0.15) is 0 Å². The SMILES string of the molecule is CC.CC(C)c1cc(Cl)cc2c1OC(C)(C)C2. The molecule has 1 nitrogen and oxygen atoms in total. The van der Waals surface area contributed by atoms with Crippen LogP contribution < -0.4 is 4.74 Å². The third-order valence-electron chi connectivity index (χ3n) is 2.78. The quantitative estimate of drug-likeness (QED) is 0.669. The Bertz CT molecular complexity index is 394. The van der Waals surface area contributed by atoms with Crippen LogP contribution in [0.15, 0.2) is 12.1 Å². The van der Waals surface area contributed by atoms with Gasteiger partial charge >= 0.3 is 0 Å². The first kappa shape index (κ1) is 14.4. The number of ether oxygens (including phenoxy) is 1. The Balaban J connectivity index is 0.000000686. The summed E-state index contributed by atoms with van der Waals surface area (Å²) in [4.78, 5) is 0. The summed E-state index contributed by atoms with van der Waals surface area (Å²) in [5, 5.41) is 0.818. The fraction of sp³-hybridized carbons (Fsp3) is 0.600. The fourth-order valence-electron chi connectivity index (χ4n) is 2.13. The predicted octanol–water partition coefficient (Wildman–Crippen LogP) is 5.20. The topological polar surface area (TPSA) is 9.23 Å². The minimum absolute atomic E-state index is 0.0867. The van der Waals surface area contributed by atoms with Crippen LogP contribution in [0.2, 0.25) is 5.02 Å². The molecule has 1 aromatic carbocycles. The zero-order valence-corrected chi connectivity index (χ0v) is 12.5. The van der Waals surface area contributed by atoms with Gasteiger partial charge in [-0.25, -0.2) is 0 Å². The summed E-state index contributed by atoms with van der Waals surface area (Å²) in [7, 11) is 0. The molecule has 0 saturated heterocycles. The number of fused-ring (bicyclic) bond motifs is 1. The van der Waals surface area contributed by atoms with E-state index in [0.29, 0.717) is 5.92 Å². The highest BCUT2D eigenvalue weighted by atomic mass is 35.5. The van der Waals surface area contributed by atoms with Crippen LogP contribution >= 0.6 is 11.6 Å². The van der Waals surface area contributed by atoms with Gasteiger partial charge in [0.2, 0.25) is 0 Å². The fourth-order valence-corrected chi connectivity index (χ4v) is 2.38. The lowest BCUT2D eigenvalue weighted by atomic mass is 9.96. The molecule has 0 unspecified atom stereocenters. The van der Waals surface area contributed by atoms with Crippen molar-refractivity contribution in [2.75, 3.05) is 0 Å². The zero-order valence-electron chi connectivity index (χ0n) is 11.7. The van der Waals surface area contributed by atoms with Crippen molar-refractivity contribution in [1.29, 1.82) is 0 Å². The van der Waals surface area contributed by atoms with Gasteiger partial charge in [-0.15, -0.1) is 0 Å². The van der Waals surface area contributed by atoms with E-state index < -0.39 is 0 Å². The Hall–Kier alpha value is -0.690. The molecule has 17 heavy (non-hydrogen) atoms. The summed E-state index contributed by atoms with van der Waals surface area (Å²) in [5.41, 5.74) is 2.38. The van der Waals surface area contributed by atoms with E-state index in [1.165, 1.54) is 11.1 Å². The molecule has 0 amide bonds. The Labute approximate surface area is 110 Å². The minimum atomic E-state index is -0.0867. The summed E-state index contributed by atoms with van der Waals surface area (Å²) >= 11 is 6.11. The molecule has 0 radical (unpaired) electrons. The van der Waals surface area contributed by atoms with Crippen LogP contribution in [0.25, 0.3) is 0 Å². The molecule has 0 N–H and O–H groups in total. The first-order valence-electron chi connectivity index (χ1n) is 6.40. The van der Waals surface area contributed by atoms with Crippen molar-refractivity contribution < 1.29 is 4.74 Å². The lowest BCUT2D eigenvalue weighted by Crippen LogP contribution is -2.24. The monoisotopic (exact) mass is 254 g/mol. The van der Waals surface area contributed by atoms with Gasteiger partial charge in [0, 0.05) is 11.4 Å². The van der Waals surface area contributed by atoms with Crippen molar-refractivity contribution in [2.45, 2.75) is 59.5 Å². The van der Waals surface area contributed by atoms with Gasteiger partial charge in [0.15, 0.2) is 0 Å². The molecule has 96 valence electrons. The molecular formula is C15H23ClO. The van der Waals surface area contributed by atoms with Crippen LogP contribution in [0.4, 0.5) is 0 Å². The summed E-state index contributed by atoms with van der Waals surface area (Å²) in [6.07, 6.45) is 0.947. The summed E-state index contributed by atoms with van der Waals surface area (Å²) in [5.74, 6) is 1.51. The van der Waals surface area contributed by atoms with Gasteiger partial charge in [-0.05, 0) is 43.0 Å². The van der Waals surface area contributed by atoms with Crippen molar-refractivity contribution >= 4 is 11.6 Å². The first-order chi connectivity index (χ1) is 7.89. The van der Waals surface area contributed by atoms with Gasteiger partial charge < -0.3 is 4.74 Å². The highest BCUT2D eigenvalue weighted by Gasteiger charge is 2.32. The molecule has 2 heteroatoms. The van der Waals surface area contributed by atoms with E-state index in [-0.39, 0.29) is 5.60 Å². The first-order valence-corrected chi connectivity index (χ1v) is 6.78. The number of hydrogen-bond acceptors (Lipinski definition) is 1. The maximum Gasteiger partial charge on any atom is 0.127 e. The van der Waals surface area contributed by atoms with Gasteiger partial charge in [0.1, 0.15) is 11.4 Å². The van der Waals surface area contributed by atoms with Crippen LogP contribution in [0.5, 0.6) is 5.75 Å². The Kier molecular flexibility index (Phi) is 4.48. The van der Waals surface area contributed by atoms with Gasteiger partial charge in [0.25, 0.3) is 0 Å². The molecule has 1 aromatic rings. The molecule has 0 saturated carbocycles. The van der Waals surface area contributed by atoms with Crippen molar-refractivity contribution in [2.24, 2.45) is 0 Å². The molecule has 0 aliphatic carbocycles. The molecule has 1 heterocycles. The van der Waals surface area contributed by atoms with E-state index in [1.807, 2.05) is 26.0 Å². The largest absolute Gasteiger partial charge is 0.487 e. The van der Waals surface area contributed by atoms with E-state index >= 15 is 0 Å². The lowest BCUT2D eigenvalue weighted by molar-refractivity contribution is 0.137. The van der Waals surface area contributed by atoms with E-state index in [4.69, 9.17) is 16.3 Å². The molecule has 1 aliphatic heterocycles. The van der Waals surface area contributed by atoms with Crippen molar-refractivity contribution in [3.8, 4) is 5.75 Å². The zero-order chi connectivity index (χ0) is 13.2. The maximum absolute atomic E-state index is 6.11. The smallest absolute Gasteiger partial charge is 0.127 e. The van der Waals surface area contributed by atoms with Crippen LogP contribution in [0.3, 0.4) is 0 Å². The highest BCUT2D eigenvalue weighted by molar-refractivity contribution is 6.30. The molecule has 0 spiro atoms. The van der Waals surface area contributed by atoms with Crippen molar-refractivity contribution in [3.05, 3.63) is 28.3 Å². The van der Waals surface area contributed by atoms with E-state index in [9.17, 15) is 0 Å². The second-order valence-electron chi connectivity index (χ2n) is 5.18. The molecule has 2 rings (SSSR count). The third kappa shape index (κ3) is 3.16. The molecule has 0 atom stereocenters. The normalized spacial score (nSPS) is 16.0. The van der Waals surface area contributed by atoms with Crippen LogP contribution in [0.1, 0.15) is 58.6 Å². The number of benzene rings is 1. The summed E-state index contributed by atoms with van der Waals surface area (Å²) < 4.78 is 5.98. The van der Waals surface area contributed by atoms with Gasteiger partial charge in [0.05, 0.1) is 0 Å². The van der Waals surface area contributed by atoms with Gasteiger partial charge in [-0.1, -0.05) is 39.3 Å².